The van der Waals surface area contributed by atoms with E-state index in [4.69, 9.17) is 0 Å². The summed E-state index contributed by atoms with van der Waals surface area (Å²) in [5.41, 5.74) is 0.976. The Morgan fingerprint density at radius 1 is 1.32 bits per heavy atom. The van der Waals surface area contributed by atoms with Gasteiger partial charge in [-0.1, -0.05) is 13.8 Å². The SMILES string of the molecule is CC(C)NC(=O)CCNS(=O)(=O)c1ccc2c(c1)C(C)(C)CC(=O)N2. The van der Waals surface area contributed by atoms with Crippen LogP contribution in [0.2, 0.25) is 0 Å². The van der Waals surface area contributed by atoms with Crippen LogP contribution in [0.5, 0.6) is 0 Å². The molecule has 0 bridgehead atoms. The van der Waals surface area contributed by atoms with Crippen molar-refractivity contribution in [3.63, 3.8) is 0 Å². The summed E-state index contributed by atoms with van der Waals surface area (Å²) in [7, 11) is -3.72. The number of nitrogens with one attached hydrogen (secondary N) is 3. The fourth-order valence-corrected chi connectivity index (χ4v) is 3.88. The molecule has 0 saturated heterocycles. The van der Waals surface area contributed by atoms with E-state index in [9.17, 15) is 18.0 Å². The van der Waals surface area contributed by atoms with E-state index in [2.05, 4.69) is 15.4 Å². The minimum Gasteiger partial charge on any atom is -0.354 e. The fraction of sp³-hybridized carbons (Fsp3) is 0.529. The predicted molar refractivity (Wildman–Crippen MR) is 95.8 cm³/mol. The normalized spacial score (nSPS) is 16.3. The Kier molecular flexibility index (Phi) is 5.53. The van der Waals surface area contributed by atoms with E-state index in [1.807, 2.05) is 27.7 Å². The minimum atomic E-state index is -3.72. The molecule has 1 aliphatic rings. The summed E-state index contributed by atoms with van der Waals surface area (Å²) in [5, 5.41) is 5.47. The average molecular weight is 367 g/mol. The molecule has 0 aliphatic carbocycles. The Bertz CT molecular complexity index is 785. The summed E-state index contributed by atoms with van der Waals surface area (Å²) in [5.74, 6) is -0.283. The molecule has 138 valence electrons. The molecule has 0 radical (unpaired) electrons. The lowest BCUT2D eigenvalue weighted by molar-refractivity contribution is -0.121. The number of anilines is 1. The Labute approximate surface area is 148 Å². The molecule has 0 unspecified atom stereocenters. The van der Waals surface area contributed by atoms with Crippen molar-refractivity contribution in [1.82, 2.24) is 10.0 Å². The highest BCUT2D eigenvalue weighted by Crippen LogP contribution is 2.38. The topological polar surface area (TPSA) is 104 Å². The van der Waals surface area contributed by atoms with Gasteiger partial charge >= 0.3 is 0 Å². The molecule has 0 fully saturated rings. The maximum atomic E-state index is 12.5. The quantitative estimate of drug-likeness (QED) is 0.709. The van der Waals surface area contributed by atoms with Crippen LogP contribution in [0.25, 0.3) is 0 Å². The molecular weight excluding hydrogens is 342 g/mol. The van der Waals surface area contributed by atoms with Gasteiger partial charge in [0.25, 0.3) is 0 Å². The van der Waals surface area contributed by atoms with Gasteiger partial charge in [-0.25, -0.2) is 13.1 Å². The molecule has 1 aromatic carbocycles. The summed E-state index contributed by atoms with van der Waals surface area (Å²) in [6.07, 6.45) is 0.371. The van der Waals surface area contributed by atoms with Crippen molar-refractivity contribution in [2.45, 2.75) is 56.9 Å². The summed E-state index contributed by atoms with van der Waals surface area (Å²) in [6, 6.07) is 4.67. The van der Waals surface area contributed by atoms with Gasteiger partial charge in [-0.05, 0) is 37.6 Å². The smallest absolute Gasteiger partial charge is 0.240 e. The standard InChI is InChI=1S/C17H25N3O4S/c1-11(2)19-15(21)7-8-18-25(23,24)12-5-6-14-13(9-12)17(3,4)10-16(22)20-14/h5-6,9,11,18H,7-8,10H2,1-4H3,(H,19,21)(H,20,22). The lowest BCUT2D eigenvalue weighted by Crippen LogP contribution is -2.35. The maximum Gasteiger partial charge on any atom is 0.240 e. The van der Waals surface area contributed by atoms with Crippen molar-refractivity contribution in [3.8, 4) is 0 Å². The first kappa shape index (κ1) is 19.4. The third kappa shape index (κ3) is 4.79. The zero-order chi connectivity index (χ0) is 18.8. The molecule has 1 aromatic rings. The summed E-state index contributed by atoms with van der Waals surface area (Å²) in [4.78, 5) is 23.4. The predicted octanol–water partition coefficient (Wildman–Crippen LogP) is 1.50. The molecule has 0 saturated carbocycles. The van der Waals surface area contributed by atoms with E-state index in [0.29, 0.717) is 12.1 Å². The molecule has 1 heterocycles. The monoisotopic (exact) mass is 367 g/mol. The lowest BCUT2D eigenvalue weighted by atomic mass is 9.78. The van der Waals surface area contributed by atoms with Crippen molar-refractivity contribution < 1.29 is 18.0 Å². The van der Waals surface area contributed by atoms with Gasteiger partial charge in [-0.15, -0.1) is 0 Å². The van der Waals surface area contributed by atoms with Crippen molar-refractivity contribution in [2.75, 3.05) is 11.9 Å². The van der Waals surface area contributed by atoms with Crippen LogP contribution in [0, 0.1) is 0 Å². The molecular formula is C17H25N3O4S. The van der Waals surface area contributed by atoms with Gasteiger partial charge in [0.1, 0.15) is 0 Å². The van der Waals surface area contributed by atoms with E-state index in [1.54, 1.807) is 12.1 Å². The van der Waals surface area contributed by atoms with E-state index < -0.39 is 15.4 Å². The van der Waals surface area contributed by atoms with E-state index in [1.165, 1.54) is 6.07 Å². The van der Waals surface area contributed by atoms with Gasteiger partial charge in [-0.3, -0.25) is 9.59 Å². The number of rotatable bonds is 6. The number of amides is 2. The maximum absolute atomic E-state index is 12.5. The third-order valence-electron chi connectivity index (χ3n) is 4.00. The zero-order valence-corrected chi connectivity index (χ0v) is 15.8. The molecule has 0 spiro atoms. The van der Waals surface area contributed by atoms with E-state index in [-0.39, 0.29) is 35.7 Å². The molecule has 0 aromatic heterocycles. The highest BCUT2D eigenvalue weighted by molar-refractivity contribution is 7.89. The second-order valence-electron chi connectivity index (χ2n) is 7.19. The minimum absolute atomic E-state index is 0.0159. The van der Waals surface area contributed by atoms with Gasteiger partial charge in [0.15, 0.2) is 0 Å². The van der Waals surface area contributed by atoms with Crippen LogP contribution in [0.1, 0.15) is 46.1 Å². The molecule has 8 heteroatoms. The molecule has 3 N–H and O–H groups in total. The van der Waals surface area contributed by atoms with Gasteiger partial charge in [0, 0.05) is 36.5 Å². The second kappa shape index (κ2) is 7.13. The first-order valence-electron chi connectivity index (χ1n) is 8.25. The number of carbonyl (C=O) groups is 2. The Hall–Kier alpha value is -1.93. The third-order valence-corrected chi connectivity index (χ3v) is 5.46. The molecule has 2 rings (SSSR count). The second-order valence-corrected chi connectivity index (χ2v) is 8.95. The number of fused-ring (bicyclic) bond motifs is 1. The van der Waals surface area contributed by atoms with Crippen molar-refractivity contribution in [1.29, 1.82) is 0 Å². The number of carbonyl (C=O) groups excluding carboxylic acids is 2. The summed E-state index contributed by atoms with van der Waals surface area (Å²) < 4.78 is 27.4. The van der Waals surface area contributed by atoms with Gasteiger partial charge in [0.2, 0.25) is 21.8 Å². The number of benzene rings is 1. The van der Waals surface area contributed by atoms with Crippen LogP contribution < -0.4 is 15.4 Å². The Morgan fingerprint density at radius 2 is 2.00 bits per heavy atom. The molecule has 25 heavy (non-hydrogen) atoms. The largest absolute Gasteiger partial charge is 0.354 e. The average Bonchev–Trinajstić information content (AvgIpc) is 2.44. The van der Waals surface area contributed by atoms with E-state index in [0.717, 1.165) is 5.56 Å². The Balaban J connectivity index is 2.13. The summed E-state index contributed by atoms with van der Waals surface area (Å²) >= 11 is 0. The first-order valence-corrected chi connectivity index (χ1v) is 9.73. The summed E-state index contributed by atoms with van der Waals surface area (Å²) in [6.45, 7) is 7.53. The Morgan fingerprint density at radius 3 is 2.64 bits per heavy atom. The zero-order valence-electron chi connectivity index (χ0n) is 15.0. The van der Waals surface area contributed by atoms with Crippen LogP contribution >= 0.6 is 0 Å². The first-order chi connectivity index (χ1) is 11.5. The van der Waals surface area contributed by atoms with Crippen LogP contribution in [0.15, 0.2) is 23.1 Å². The van der Waals surface area contributed by atoms with Crippen LogP contribution in [0.4, 0.5) is 5.69 Å². The van der Waals surface area contributed by atoms with Gasteiger partial charge in [0.05, 0.1) is 4.90 Å². The molecule has 7 nitrogen and oxygen atoms in total. The number of sulfonamides is 1. The fourth-order valence-electron chi connectivity index (χ4n) is 2.83. The number of hydrogen-bond acceptors (Lipinski definition) is 4. The number of hydrogen-bond donors (Lipinski definition) is 3. The molecule has 0 atom stereocenters. The van der Waals surface area contributed by atoms with Crippen LogP contribution in [0.3, 0.4) is 0 Å². The van der Waals surface area contributed by atoms with Crippen molar-refractivity contribution >= 4 is 27.5 Å². The van der Waals surface area contributed by atoms with Crippen molar-refractivity contribution in [3.05, 3.63) is 23.8 Å². The van der Waals surface area contributed by atoms with Crippen molar-refractivity contribution in [2.24, 2.45) is 0 Å². The highest BCUT2D eigenvalue weighted by atomic mass is 32.2. The lowest BCUT2D eigenvalue weighted by Gasteiger charge is -2.32. The van der Waals surface area contributed by atoms with Gasteiger partial charge < -0.3 is 10.6 Å². The van der Waals surface area contributed by atoms with E-state index >= 15 is 0 Å². The van der Waals surface area contributed by atoms with Crippen LogP contribution in [-0.2, 0) is 25.0 Å². The molecule has 1 aliphatic heterocycles. The molecule has 2 amide bonds. The highest BCUT2D eigenvalue weighted by Gasteiger charge is 2.33. The van der Waals surface area contributed by atoms with Crippen LogP contribution in [-0.4, -0.2) is 32.8 Å². The van der Waals surface area contributed by atoms with Gasteiger partial charge in [-0.2, -0.15) is 0 Å².